The maximum absolute atomic E-state index is 9.54. The third-order valence-electron chi connectivity index (χ3n) is 2.03. The van der Waals surface area contributed by atoms with Gasteiger partial charge in [-0.1, -0.05) is 22.0 Å². The lowest BCUT2D eigenvalue weighted by molar-refractivity contribution is -0.0128. The van der Waals surface area contributed by atoms with Crippen LogP contribution in [-0.2, 0) is 0 Å². The fourth-order valence-electron chi connectivity index (χ4n) is 1.21. The first-order valence-electron chi connectivity index (χ1n) is 3.28. The Kier molecular flexibility index (Phi) is 2.18. The van der Waals surface area contributed by atoms with Crippen molar-refractivity contribution in [1.29, 1.82) is 0 Å². The minimum atomic E-state index is -1.06. The highest BCUT2D eigenvalue weighted by Crippen LogP contribution is 2.35. The molecule has 58 valence electrons. The molecule has 0 unspecified atom stereocenters. The molecular formula is C7H11BrO2. The third kappa shape index (κ3) is 1.13. The van der Waals surface area contributed by atoms with E-state index >= 15 is 0 Å². The van der Waals surface area contributed by atoms with E-state index in [4.69, 9.17) is 0 Å². The standard InChI is InChI=1S/C7H11BrO2/c1-2-7(10)4-3-5(8)6(7)9/h2,5-6,9-10H,1,3-4H2/t5-,6+,7-/m0/s1. The van der Waals surface area contributed by atoms with Crippen molar-refractivity contribution in [1.82, 2.24) is 0 Å². The van der Waals surface area contributed by atoms with Gasteiger partial charge in [-0.3, -0.25) is 0 Å². The summed E-state index contributed by atoms with van der Waals surface area (Å²) >= 11 is 3.26. The van der Waals surface area contributed by atoms with Crippen molar-refractivity contribution in [2.75, 3.05) is 0 Å². The molecule has 0 aromatic carbocycles. The van der Waals surface area contributed by atoms with Gasteiger partial charge in [0, 0.05) is 4.83 Å². The van der Waals surface area contributed by atoms with Crippen LogP contribution in [0, 0.1) is 0 Å². The Bertz CT molecular complexity index is 149. The monoisotopic (exact) mass is 206 g/mol. The second-order valence-corrected chi connectivity index (χ2v) is 3.87. The minimum absolute atomic E-state index is 0.00972. The Labute approximate surface area is 68.7 Å². The molecule has 0 amide bonds. The summed E-state index contributed by atoms with van der Waals surface area (Å²) in [4.78, 5) is 0.00972. The lowest BCUT2D eigenvalue weighted by Gasteiger charge is -2.22. The SMILES string of the molecule is C=C[C@]1(O)CC[C@H](Br)[C@H]1O. The van der Waals surface area contributed by atoms with Crippen LogP contribution in [-0.4, -0.2) is 26.7 Å². The average Bonchev–Trinajstić information content (AvgIpc) is 2.19. The van der Waals surface area contributed by atoms with E-state index in [2.05, 4.69) is 22.5 Å². The molecule has 1 rings (SSSR count). The van der Waals surface area contributed by atoms with Gasteiger partial charge in [0.05, 0.1) is 6.10 Å². The first-order valence-corrected chi connectivity index (χ1v) is 4.20. The first kappa shape index (κ1) is 8.24. The topological polar surface area (TPSA) is 40.5 Å². The number of hydrogen-bond acceptors (Lipinski definition) is 2. The molecule has 0 saturated heterocycles. The van der Waals surface area contributed by atoms with Crippen molar-refractivity contribution in [3.63, 3.8) is 0 Å². The molecule has 1 fully saturated rings. The Balaban J connectivity index is 2.73. The zero-order valence-corrected chi connectivity index (χ0v) is 7.21. The summed E-state index contributed by atoms with van der Waals surface area (Å²) in [5.74, 6) is 0. The smallest absolute Gasteiger partial charge is 0.109 e. The normalized spacial score (nSPS) is 47.5. The van der Waals surface area contributed by atoms with Gasteiger partial charge in [0.25, 0.3) is 0 Å². The molecule has 0 heterocycles. The van der Waals surface area contributed by atoms with Gasteiger partial charge in [-0.15, -0.1) is 6.58 Å². The Hall–Kier alpha value is 0.140. The lowest BCUT2D eigenvalue weighted by atomic mass is 10.0. The minimum Gasteiger partial charge on any atom is -0.389 e. The second kappa shape index (κ2) is 2.64. The number of rotatable bonds is 1. The molecule has 2 nitrogen and oxygen atoms in total. The van der Waals surface area contributed by atoms with E-state index in [-0.39, 0.29) is 4.83 Å². The van der Waals surface area contributed by atoms with Crippen LogP contribution in [0.1, 0.15) is 12.8 Å². The molecule has 3 atom stereocenters. The van der Waals surface area contributed by atoms with Gasteiger partial charge in [-0.05, 0) is 12.8 Å². The fourth-order valence-corrected chi connectivity index (χ4v) is 1.90. The molecule has 0 radical (unpaired) electrons. The van der Waals surface area contributed by atoms with Crippen LogP contribution in [0.2, 0.25) is 0 Å². The van der Waals surface area contributed by atoms with Gasteiger partial charge < -0.3 is 10.2 Å². The highest BCUT2D eigenvalue weighted by molar-refractivity contribution is 9.09. The number of alkyl halides is 1. The molecule has 0 aliphatic heterocycles. The van der Waals surface area contributed by atoms with Crippen molar-refractivity contribution in [3.8, 4) is 0 Å². The first-order chi connectivity index (χ1) is 4.60. The summed E-state index contributed by atoms with van der Waals surface area (Å²) in [5.41, 5.74) is -1.06. The molecule has 2 N–H and O–H groups in total. The molecule has 0 aromatic rings. The number of halogens is 1. The molecule has 1 saturated carbocycles. The van der Waals surface area contributed by atoms with E-state index in [1.54, 1.807) is 0 Å². The van der Waals surface area contributed by atoms with E-state index < -0.39 is 11.7 Å². The zero-order chi connectivity index (χ0) is 7.78. The van der Waals surface area contributed by atoms with Gasteiger partial charge in [-0.2, -0.15) is 0 Å². The zero-order valence-electron chi connectivity index (χ0n) is 5.63. The van der Waals surface area contributed by atoms with Gasteiger partial charge >= 0.3 is 0 Å². The maximum Gasteiger partial charge on any atom is 0.109 e. The van der Waals surface area contributed by atoms with Crippen LogP contribution in [0.4, 0.5) is 0 Å². The average molecular weight is 207 g/mol. The summed E-state index contributed by atoms with van der Waals surface area (Å²) in [7, 11) is 0. The summed E-state index contributed by atoms with van der Waals surface area (Å²) in [6, 6.07) is 0. The fraction of sp³-hybridized carbons (Fsp3) is 0.714. The highest BCUT2D eigenvalue weighted by Gasteiger charge is 2.42. The number of aliphatic hydroxyl groups is 2. The Morgan fingerprint density at radius 3 is 2.50 bits per heavy atom. The van der Waals surface area contributed by atoms with Crippen LogP contribution in [0.5, 0.6) is 0 Å². The molecular weight excluding hydrogens is 196 g/mol. The largest absolute Gasteiger partial charge is 0.389 e. The predicted molar refractivity (Wildman–Crippen MR) is 43.1 cm³/mol. The van der Waals surface area contributed by atoms with Crippen molar-refractivity contribution in [2.45, 2.75) is 29.4 Å². The maximum atomic E-state index is 9.54. The van der Waals surface area contributed by atoms with Gasteiger partial charge in [0.1, 0.15) is 5.60 Å². The van der Waals surface area contributed by atoms with Crippen LogP contribution < -0.4 is 0 Å². The van der Waals surface area contributed by atoms with Crippen LogP contribution in [0.15, 0.2) is 12.7 Å². The summed E-state index contributed by atoms with van der Waals surface area (Å²) < 4.78 is 0. The van der Waals surface area contributed by atoms with Crippen molar-refractivity contribution in [2.24, 2.45) is 0 Å². The van der Waals surface area contributed by atoms with E-state index in [1.165, 1.54) is 6.08 Å². The van der Waals surface area contributed by atoms with Gasteiger partial charge in [0.15, 0.2) is 0 Å². The molecule has 3 heteroatoms. The second-order valence-electron chi connectivity index (χ2n) is 2.69. The number of aliphatic hydroxyl groups excluding tert-OH is 1. The molecule has 0 spiro atoms. The summed E-state index contributed by atoms with van der Waals surface area (Å²) in [6.45, 7) is 3.47. The third-order valence-corrected chi connectivity index (χ3v) is 2.99. The van der Waals surface area contributed by atoms with E-state index in [9.17, 15) is 10.2 Å². The van der Waals surface area contributed by atoms with E-state index in [0.29, 0.717) is 6.42 Å². The van der Waals surface area contributed by atoms with Crippen LogP contribution >= 0.6 is 15.9 Å². The molecule has 1 aliphatic rings. The number of hydrogen-bond donors (Lipinski definition) is 2. The van der Waals surface area contributed by atoms with Crippen molar-refractivity contribution < 1.29 is 10.2 Å². The van der Waals surface area contributed by atoms with Crippen LogP contribution in [0.25, 0.3) is 0 Å². The van der Waals surface area contributed by atoms with E-state index in [0.717, 1.165) is 6.42 Å². The highest BCUT2D eigenvalue weighted by atomic mass is 79.9. The molecule has 0 bridgehead atoms. The summed E-state index contributed by atoms with van der Waals surface area (Å²) in [6.07, 6.45) is 2.10. The quantitative estimate of drug-likeness (QED) is 0.493. The molecule has 0 aromatic heterocycles. The van der Waals surface area contributed by atoms with Gasteiger partial charge in [-0.25, -0.2) is 0 Å². The van der Waals surface area contributed by atoms with Crippen LogP contribution in [0.3, 0.4) is 0 Å². The van der Waals surface area contributed by atoms with Crippen molar-refractivity contribution in [3.05, 3.63) is 12.7 Å². The Morgan fingerprint density at radius 1 is 1.70 bits per heavy atom. The molecule has 1 aliphatic carbocycles. The van der Waals surface area contributed by atoms with Crippen molar-refractivity contribution >= 4 is 15.9 Å². The predicted octanol–water partition coefficient (Wildman–Crippen LogP) is 0.822. The Morgan fingerprint density at radius 2 is 2.30 bits per heavy atom. The van der Waals surface area contributed by atoms with Gasteiger partial charge in [0.2, 0.25) is 0 Å². The lowest BCUT2D eigenvalue weighted by Crippen LogP contribution is -2.38. The van der Waals surface area contributed by atoms with E-state index in [1.807, 2.05) is 0 Å². The molecule has 10 heavy (non-hydrogen) atoms. The summed E-state index contributed by atoms with van der Waals surface area (Å²) in [5, 5.41) is 18.9.